The first kappa shape index (κ1) is 15.8. The number of benzene rings is 1. The second kappa shape index (κ2) is 5.21. The molecule has 3 rings (SSSR count). The molecular formula is C20H29NO. The lowest BCUT2D eigenvalue weighted by atomic mass is 9.70. The van der Waals surface area contributed by atoms with E-state index in [0.717, 1.165) is 18.5 Å². The highest BCUT2D eigenvalue weighted by Crippen LogP contribution is 2.66. The van der Waals surface area contributed by atoms with Crippen LogP contribution in [0.2, 0.25) is 0 Å². The molecule has 2 nitrogen and oxygen atoms in total. The Morgan fingerprint density at radius 1 is 1.27 bits per heavy atom. The molecule has 0 aliphatic heterocycles. The number of hydrogen-bond donors (Lipinski definition) is 1. The third kappa shape index (κ3) is 2.08. The SMILES string of the molecule is C=Cc1ccc(CN(C)[C@@H]2[C@H]3CC[C@@](C)([C@@H]2O)C3(C)C)cc1. The molecule has 2 aliphatic rings. The van der Waals surface area contributed by atoms with Gasteiger partial charge in [-0.1, -0.05) is 57.7 Å². The summed E-state index contributed by atoms with van der Waals surface area (Å²) < 4.78 is 0. The van der Waals surface area contributed by atoms with Gasteiger partial charge < -0.3 is 5.11 Å². The molecule has 2 heteroatoms. The molecule has 2 bridgehead atoms. The number of nitrogens with zero attached hydrogens (tertiary/aromatic N) is 1. The lowest BCUT2D eigenvalue weighted by Gasteiger charge is -2.39. The average molecular weight is 299 g/mol. The van der Waals surface area contributed by atoms with Gasteiger partial charge in [-0.3, -0.25) is 4.90 Å². The largest absolute Gasteiger partial charge is 0.391 e. The molecule has 0 heterocycles. The summed E-state index contributed by atoms with van der Waals surface area (Å²) >= 11 is 0. The van der Waals surface area contributed by atoms with Crippen molar-refractivity contribution in [1.29, 1.82) is 0 Å². The first-order chi connectivity index (χ1) is 10.3. The Bertz CT molecular complexity index is 562. The van der Waals surface area contributed by atoms with Crippen molar-refractivity contribution >= 4 is 6.08 Å². The molecule has 1 aromatic rings. The van der Waals surface area contributed by atoms with E-state index in [9.17, 15) is 5.11 Å². The molecule has 4 atom stereocenters. The second-order valence-corrected chi connectivity index (χ2v) is 8.08. The predicted molar refractivity (Wildman–Crippen MR) is 92.4 cm³/mol. The quantitative estimate of drug-likeness (QED) is 0.910. The molecular weight excluding hydrogens is 270 g/mol. The highest BCUT2D eigenvalue weighted by atomic mass is 16.3. The fraction of sp³-hybridized carbons (Fsp3) is 0.600. The highest BCUT2D eigenvalue weighted by Gasteiger charge is 2.66. The number of aliphatic hydroxyl groups excluding tert-OH is 1. The van der Waals surface area contributed by atoms with Gasteiger partial charge in [0.1, 0.15) is 0 Å². The van der Waals surface area contributed by atoms with Crippen molar-refractivity contribution < 1.29 is 5.11 Å². The van der Waals surface area contributed by atoms with Crippen LogP contribution >= 0.6 is 0 Å². The van der Waals surface area contributed by atoms with Crippen LogP contribution in [0.4, 0.5) is 0 Å². The molecule has 120 valence electrons. The van der Waals surface area contributed by atoms with Crippen LogP contribution in [0.3, 0.4) is 0 Å². The van der Waals surface area contributed by atoms with Crippen LogP contribution in [0.1, 0.15) is 44.7 Å². The van der Waals surface area contributed by atoms with Gasteiger partial charge in [0.15, 0.2) is 0 Å². The number of rotatable bonds is 4. The Balaban J connectivity index is 1.78. The van der Waals surface area contributed by atoms with E-state index in [1.165, 1.54) is 12.0 Å². The first-order valence-corrected chi connectivity index (χ1v) is 8.41. The van der Waals surface area contributed by atoms with E-state index in [4.69, 9.17) is 0 Å². The Labute approximate surface area is 134 Å². The van der Waals surface area contributed by atoms with Gasteiger partial charge in [0.2, 0.25) is 0 Å². The molecule has 2 saturated carbocycles. The van der Waals surface area contributed by atoms with Crippen LogP contribution in [0.25, 0.3) is 6.08 Å². The van der Waals surface area contributed by atoms with Gasteiger partial charge in [0, 0.05) is 18.0 Å². The maximum atomic E-state index is 10.9. The number of aliphatic hydroxyl groups is 1. The monoisotopic (exact) mass is 299 g/mol. The Kier molecular flexibility index (Phi) is 3.73. The van der Waals surface area contributed by atoms with Gasteiger partial charge >= 0.3 is 0 Å². The van der Waals surface area contributed by atoms with Gasteiger partial charge in [-0.2, -0.15) is 0 Å². The van der Waals surface area contributed by atoms with E-state index in [-0.39, 0.29) is 23.0 Å². The fourth-order valence-corrected chi connectivity index (χ4v) is 4.99. The zero-order chi connectivity index (χ0) is 16.1. The molecule has 0 aromatic heterocycles. The zero-order valence-corrected chi connectivity index (χ0v) is 14.3. The van der Waals surface area contributed by atoms with E-state index in [0.29, 0.717) is 5.92 Å². The topological polar surface area (TPSA) is 23.5 Å². The van der Waals surface area contributed by atoms with Crippen LogP contribution in [0.15, 0.2) is 30.8 Å². The summed E-state index contributed by atoms with van der Waals surface area (Å²) in [7, 11) is 2.16. The minimum Gasteiger partial charge on any atom is -0.391 e. The van der Waals surface area contributed by atoms with E-state index >= 15 is 0 Å². The van der Waals surface area contributed by atoms with Gasteiger partial charge in [-0.15, -0.1) is 0 Å². The van der Waals surface area contributed by atoms with E-state index in [1.54, 1.807) is 0 Å². The minimum atomic E-state index is -0.223. The van der Waals surface area contributed by atoms with E-state index < -0.39 is 0 Å². The third-order valence-corrected chi connectivity index (χ3v) is 6.92. The summed E-state index contributed by atoms with van der Waals surface area (Å²) in [5.41, 5.74) is 2.73. The zero-order valence-electron chi connectivity index (χ0n) is 14.3. The van der Waals surface area contributed by atoms with Crippen molar-refractivity contribution in [1.82, 2.24) is 4.90 Å². The molecule has 0 amide bonds. The lowest BCUT2D eigenvalue weighted by molar-refractivity contribution is -0.0264. The maximum Gasteiger partial charge on any atom is 0.0756 e. The van der Waals surface area contributed by atoms with Crippen LogP contribution in [0, 0.1) is 16.7 Å². The molecule has 0 spiro atoms. The number of likely N-dealkylation sites (N-methyl/N-ethyl adjacent to an activating group) is 1. The summed E-state index contributed by atoms with van der Waals surface area (Å²) in [5.74, 6) is 0.588. The van der Waals surface area contributed by atoms with E-state index in [1.807, 2.05) is 6.08 Å². The molecule has 1 N–H and O–H groups in total. The minimum absolute atomic E-state index is 0.0588. The van der Waals surface area contributed by atoms with Crippen LogP contribution < -0.4 is 0 Å². The van der Waals surface area contributed by atoms with Crippen molar-refractivity contribution in [2.75, 3.05) is 7.05 Å². The van der Waals surface area contributed by atoms with Crippen molar-refractivity contribution in [3.05, 3.63) is 42.0 Å². The van der Waals surface area contributed by atoms with Gasteiger partial charge in [-0.05, 0) is 42.3 Å². The molecule has 0 unspecified atom stereocenters. The highest BCUT2D eigenvalue weighted by molar-refractivity contribution is 5.47. The van der Waals surface area contributed by atoms with Crippen molar-refractivity contribution in [3.8, 4) is 0 Å². The molecule has 22 heavy (non-hydrogen) atoms. The summed E-state index contributed by atoms with van der Waals surface area (Å²) in [6.45, 7) is 11.7. The molecule has 0 radical (unpaired) electrons. The number of hydrogen-bond acceptors (Lipinski definition) is 2. The second-order valence-electron chi connectivity index (χ2n) is 8.08. The number of fused-ring (bicyclic) bond motifs is 2. The van der Waals surface area contributed by atoms with Crippen molar-refractivity contribution in [2.24, 2.45) is 16.7 Å². The van der Waals surface area contributed by atoms with Crippen molar-refractivity contribution in [2.45, 2.75) is 52.3 Å². The Hall–Kier alpha value is -1.12. The van der Waals surface area contributed by atoms with Crippen LogP contribution in [0.5, 0.6) is 0 Å². The van der Waals surface area contributed by atoms with Gasteiger partial charge in [0.05, 0.1) is 6.10 Å². The van der Waals surface area contributed by atoms with Crippen LogP contribution in [-0.4, -0.2) is 29.2 Å². The standard InChI is InChI=1S/C20H29NO/c1-6-14-7-9-15(10-8-14)13-21(5)17-16-11-12-20(4,18(17)22)19(16,2)3/h6-10,16-18,22H,1,11-13H2,2-5H3/t16-,17-,18-,20+/m1/s1. The Morgan fingerprint density at radius 3 is 2.41 bits per heavy atom. The summed E-state index contributed by atoms with van der Waals surface area (Å²) in [6, 6.07) is 8.82. The molecule has 2 aliphatic carbocycles. The Morgan fingerprint density at radius 2 is 1.91 bits per heavy atom. The maximum absolute atomic E-state index is 10.9. The first-order valence-electron chi connectivity index (χ1n) is 8.41. The van der Waals surface area contributed by atoms with Crippen molar-refractivity contribution in [3.63, 3.8) is 0 Å². The summed E-state index contributed by atoms with van der Waals surface area (Å²) in [4.78, 5) is 2.37. The lowest BCUT2D eigenvalue weighted by Crippen LogP contribution is -2.47. The normalized spacial score (nSPS) is 36.0. The predicted octanol–water partition coefficient (Wildman–Crippen LogP) is 3.95. The van der Waals surface area contributed by atoms with Gasteiger partial charge in [0.25, 0.3) is 0 Å². The molecule has 0 saturated heterocycles. The van der Waals surface area contributed by atoms with Gasteiger partial charge in [-0.25, -0.2) is 0 Å². The van der Waals surface area contributed by atoms with Crippen LogP contribution in [-0.2, 0) is 6.54 Å². The average Bonchev–Trinajstić information content (AvgIpc) is 2.80. The third-order valence-electron chi connectivity index (χ3n) is 6.92. The fourth-order valence-electron chi connectivity index (χ4n) is 4.99. The molecule has 2 fully saturated rings. The molecule has 1 aromatic carbocycles. The smallest absolute Gasteiger partial charge is 0.0756 e. The summed E-state index contributed by atoms with van der Waals surface area (Å²) in [5, 5.41) is 10.9. The summed E-state index contributed by atoms with van der Waals surface area (Å²) in [6.07, 6.45) is 4.05. The van der Waals surface area contributed by atoms with E-state index in [2.05, 4.69) is 63.6 Å².